The van der Waals surface area contributed by atoms with Crippen molar-refractivity contribution in [3.8, 4) is 0 Å². The summed E-state index contributed by atoms with van der Waals surface area (Å²) >= 11 is 4.46. The molecule has 10 heteroatoms. The third-order valence-corrected chi connectivity index (χ3v) is 8.04. The van der Waals surface area contributed by atoms with Crippen LogP contribution in [0, 0.1) is 20.8 Å². The minimum atomic E-state index is -0.950. The zero-order chi connectivity index (χ0) is 25.9. The van der Waals surface area contributed by atoms with Gasteiger partial charge in [0.15, 0.2) is 16.7 Å². The Bertz CT molecular complexity index is 1620. The number of aliphatic hydroxyl groups is 1. The van der Waals surface area contributed by atoms with Crippen LogP contribution in [0.25, 0.3) is 11.4 Å². The van der Waals surface area contributed by atoms with E-state index in [9.17, 15) is 19.5 Å². The highest BCUT2D eigenvalue weighted by Crippen LogP contribution is 2.44. The molecule has 1 N–H and O–H groups in total. The largest absolute Gasteiger partial charge is 0.505 e. The highest BCUT2D eigenvalue weighted by atomic mass is 79.9. The van der Waals surface area contributed by atoms with E-state index in [0.717, 1.165) is 21.4 Å². The molecule has 1 amide bonds. The van der Waals surface area contributed by atoms with Crippen LogP contribution in [0.2, 0.25) is 0 Å². The molecule has 1 saturated heterocycles. The number of thiazole rings is 1. The van der Waals surface area contributed by atoms with Gasteiger partial charge in [0.05, 0.1) is 27.9 Å². The molecule has 0 saturated carbocycles. The van der Waals surface area contributed by atoms with Crippen LogP contribution in [0.3, 0.4) is 0 Å². The molecule has 1 unspecified atom stereocenters. The number of nitrogens with zero attached hydrogens (tertiary/aromatic N) is 4. The zero-order valence-corrected chi connectivity index (χ0v) is 22.3. The Morgan fingerprint density at radius 3 is 2.39 bits per heavy atom. The fourth-order valence-electron chi connectivity index (χ4n) is 4.48. The van der Waals surface area contributed by atoms with Crippen LogP contribution in [-0.4, -0.2) is 36.9 Å². The monoisotopic (exact) mass is 564 g/mol. The van der Waals surface area contributed by atoms with Crippen molar-refractivity contribution < 1.29 is 19.5 Å². The number of aliphatic hydroxyl groups excluding tert-OH is 1. The first kappa shape index (κ1) is 24.1. The standard InChI is InChI=1S/C26H21BrN4O4S/c1-12-6-5-11-30-14(3)19(29-24(12)30)21(33)18-20(16-7-9-17(27)10-8-16)31(25(35)22(18)34)26-28-13(2)23(36-26)15(4)32/h5-11,20,33H,1-4H3. The molecule has 0 radical (unpaired) electrons. The van der Waals surface area contributed by atoms with E-state index >= 15 is 0 Å². The van der Waals surface area contributed by atoms with E-state index in [1.807, 2.05) is 29.7 Å². The number of anilines is 1. The Morgan fingerprint density at radius 1 is 1.08 bits per heavy atom. The normalized spacial score (nSPS) is 17.4. The molecule has 5 rings (SSSR count). The number of fused-ring (bicyclic) bond motifs is 1. The lowest BCUT2D eigenvalue weighted by atomic mass is 9.96. The molecule has 0 bridgehead atoms. The summed E-state index contributed by atoms with van der Waals surface area (Å²) in [5.41, 5.74) is 3.41. The van der Waals surface area contributed by atoms with E-state index in [1.165, 1.54) is 11.8 Å². The molecular formula is C26H21BrN4O4S. The zero-order valence-electron chi connectivity index (χ0n) is 19.9. The second-order valence-corrected chi connectivity index (χ2v) is 10.5. The number of ketones is 2. The quantitative estimate of drug-likeness (QED) is 0.156. The predicted molar refractivity (Wildman–Crippen MR) is 140 cm³/mol. The van der Waals surface area contributed by atoms with Gasteiger partial charge in [-0.1, -0.05) is 45.5 Å². The lowest BCUT2D eigenvalue weighted by molar-refractivity contribution is -0.132. The summed E-state index contributed by atoms with van der Waals surface area (Å²) in [5.74, 6) is -2.20. The first-order valence-corrected chi connectivity index (χ1v) is 12.7. The average molecular weight is 565 g/mol. The summed E-state index contributed by atoms with van der Waals surface area (Å²) in [6.07, 6.45) is 1.83. The first-order valence-electron chi connectivity index (χ1n) is 11.1. The van der Waals surface area contributed by atoms with Crippen LogP contribution in [0.4, 0.5) is 5.13 Å². The van der Waals surface area contributed by atoms with Crippen molar-refractivity contribution in [1.82, 2.24) is 14.4 Å². The summed E-state index contributed by atoms with van der Waals surface area (Å²) in [7, 11) is 0. The molecule has 4 aromatic rings. The molecule has 3 aromatic heterocycles. The summed E-state index contributed by atoms with van der Waals surface area (Å²) in [5, 5.41) is 11.7. The number of aryl methyl sites for hydroxylation is 3. The molecule has 1 aliphatic rings. The lowest BCUT2D eigenvalue weighted by Gasteiger charge is -2.22. The highest BCUT2D eigenvalue weighted by Gasteiger charge is 2.48. The fourth-order valence-corrected chi connectivity index (χ4v) is 5.73. The Labute approximate surface area is 219 Å². The summed E-state index contributed by atoms with van der Waals surface area (Å²) < 4.78 is 2.65. The first-order chi connectivity index (χ1) is 17.1. The Balaban J connectivity index is 1.77. The molecule has 0 aliphatic carbocycles. The third-order valence-electron chi connectivity index (χ3n) is 6.25. The van der Waals surface area contributed by atoms with Crippen molar-refractivity contribution in [3.05, 3.63) is 85.7 Å². The van der Waals surface area contributed by atoms with Gasteiger partial charge in [0.2, 0.25) is 0 Å². The number of Topliss-reactive ketones (excluding diaryl/α,β-unsaturated/α-hetero) is 2. The van der Waals surface area contributed by atoms with Gasteiger partial charge in [-0.05, 0) is 50.1 Å². The highest BCUT2D eigenvalue weighted by molar-refractivity contribution is 9.10. The van der Waals surface area contributed by atoms with Crippen molar-refractivity contribution in [2.45, 2.75) is 33.7 Å². The van der Waals surface area contributed by atoms with E-state index in [4.69, 9.17) is 0 Å². The molecule has 1 aromatic carbocycles. The average Bonchev–Trinajstić information content (AvgIpc) is 3.47. The number of rotatable bonds is 4. The molecule has 0 spiro atoms. The van der Waals surface area contributed by atoms with Gasteiger partial charge in [-0.2, -0.15) is 0 Å². The summed E-state index contributed by atoms with van der Waals surface area (Å²) in [4.78, 5) is 49.6. The van der Waals surface area contributed by atoms with Crippen LogP contribution >= 0.6 is 27.3 Å². The fraction of sp³-hybridized carbons (Fsp3) is 0.192. The van der Waals surface area contributed by atoms with Crippen molar-refractivity contribution in [1.29, 1.82) is 0 Å². The van der Waals surface area contributed by atoms with E-state index in [0.29, 0.717) is 27.5 Å². The van der Waals surface area contributed by atoms with Crippen molar-refractivity contribution >= 4 is 61.3 Å². The van der Waals surface area contributed by atoms with E-state index in [1.54, 1.807) is 38.1 Å². The summed E-state index contributed by atoms with van der Waals surface area (Å²) in [6, 6.07) is 9.96. The molecule has 8 nitrogen and oxygen atoms in total. The van der Waals surface area contributed by atoms with Crippen molar-refractivity contribution in [2.75, 3.05) is 4.90 Å². The number of hydrogen-bond donors (Lipinski definition) is 1. The molecule has 1 aliphatic heterocycles. The number of hydrogen-bond acceptors (Lipinski definition) is 7. The van der Waals surface area contributed by atoms with Crippen LogP contribution in [0.1, 0.15) is 50.8 Å². The second kappa shape index (κ2) is 8.79. The topological polar surface area (TPSA) is 105 Å². The molecular weight excluding hydrogens is 544 g/mol. The van der Waals surface area contributed by atoms with Gasteiger partial charge in [-0.15, -0.1) is 0 Å². The van der Waals surface area contributed by atoms with E-state index in [-0.39, 0.29) is 27.9 Å². The number of carbonyl (C=O) groups excluding carboxylic acids is 3. The number of amides is 1. The minimum Gasteiger partial charge on any atom is -0.505 e. The van der Waals surface area contributed by atoms with Gasteiger partial charge in [0.1, 0.15) is 11.3 Å². The van der Waals surface area contributed by atoms with Gasteiger partial charge in [0.25, 0.3) is 5.78 Å². The molecule has 4 heterocycles. The number of benzene rings is 1. The van der Waals surface area contributed by atoms with Crippen LogP contribution in [-0.2, 0) is 9.59 Å². The van der Waals surface area contributed by atoms with Gasteiger partial charge in [-0.3, -0.25) is 19.3 Å². The third kappa shape index (κ3) is 3.68. The SMILES string of the molecule is CC(=O)c1sc(N2C(=O)C(=O)C(=C(O)c3nc4c(C)cccn4c3C)C2c2ccc(Br)cc2)nc1C. The van der Waals surface area contributed by atoms with E-state index < -0.39 is 17.7 Å². The maximum Gasteiger partial charge on any atom is 0.301 e. The Kier molecular flexibility index (Phi) is 5.88. The van der Waals surface area contributed by atoms with E-state index in [2.05, 4.69) is 25.9 Å². The maximum atomic E-state index is 13.4. The number of aromatic nitrogens is 3. The molecule has 1 fully saturated rings. The molecule has 182 valence electrons. The molecule has 36 heavy (non-hydrogen) atoms. The smallest absolute Gasteiger partial charge is 0.301 e. The summed E-state index contributed by atoms with van der Waals surface area (Å²) in [6.45, 7) is 6.81. The van der Waals surface area contributed by atoms with Crippen molar-refractivity contribution in [3.63, 3.8) is 0 Å². The Hall–Kier alpha value is -3.63. The number of imidazole rings is 1. The number of pyridine rings is 1. The number of carbonyl (C=O) groups is 3. The minimum absolute atomic E-state index is 0.0799. The van der Waals surface area contributed by atoms with Gasteiger partial charge in [-0.25, -0.2) is 9.97 Å². The van der Waals surface area contributed by atoms with Crippen molar-refractivity contribution in [2.24, 2.45) is 0 Å². The maximum absolute atomic E-state index is 13.4. The lowest BCUT2D eigenvalue weighted by Crippen LogP contribution is -2.29. The molecule has 1 atom stereocenters. The van der Waals surface area contributed by atoms with Gasteiger partial charge >= 0.3 is 5.91 Å². The van der Waals surface area contributed by atoms with Crippen LogP contribution in [0.15, 0.2) is 52.6 Å². The number of halogens is 1. The van der Waals surface area contributed by atoms with Crippen LogP contribution < -0.4 is 4.90 Å². The van der Waals surface area contributed by atoms with Crippen LogP contribution in [0.5, 0.6) is 0 Å². The van der Waals surface area contributed by atoms with Gasteiger partial charge in [0, 0.05) is 17.6 Å². The second-order valence-electron chi connectivity index (χ2n) is 8.62. The predicted octanol–water partition coefficient (Wildman–Crippen LogP) is 5.31. The van der Waals surface area contributed by atoms with Gasteiger partial charge < -0.3 is 9.51 Å². The Morgan fingerprint density at radius 2 is 1.78 bits per heavy atom.